The van der Waals surface area contributed by atoms with E-state index >= 15 is 0 Å². The normalized spacial score (nSPS) is 1.67. The van der Waals surface area contributed by atoms with Crippen molar-refractivity contribution in [2.24, 2.45) is 0 Å². The maximum absolute atomic E-state index is 2.21. The van der Waals surface area contributed by atoms with E-state index in [9.17, 15) is 0 Å². The topological polar surface area (TPSA) is 0 Å². The van der Waals surface area contributed by atoms with E-state index in [1.54, 1.807) is 0 Å². The van der Waals surface area contributed by atoms with Crippen LogP contribution in [0.25, 0.3) is 0 Å². The summed E-state index contributed by atoms with van der Waals surface area (Å²) in [6, 6.07) is 0. The molecule has 0 atom stereocenters. The minimum atomic E-state index is 0. The molecule has 0 aromatic heterocycles. The van der Waals surface area contributed by atoms with Crippen molar-refractivity contribution in [3.8, 4) is 0 Å². The third kappa shape index (κ3) is 35.8. The van der Waals surface area contributed by atoms with Gasteiger partial charge in [0.05, 0.1) is 0 Å². The van der Waals surface area contributed by atoms with Gasteiger partial charge in [-0.1, -0.05) is 0 Å². The molecule has 0 aliphatic carbocycles. The Balaban J connectivity index is -0.00000000667. The number of hydrogen-bond donors (Lipinski definition) is 0. The summed E-state index contributed by atoms with van der Waals surface area (Å²) >= 11 is 0.750. The Morgan fingerprint density at radius 2 is 1.00 bits per heavy atom. The van der Waals surface area contributed by atoms with E-state index in [4.69, 9.17) is 0 Å². The van der Waals surface area contributed by atoms with Crippen LogP contribution < -0.4 is 54.4 Å². The molecule has 0 saturated heterocycles. The molecule has 32 valence electrons. The molecule has 0 aromatic rings. The maximum atomic E-state index is 2.21. The molecule has 0 radical (unpaired) electrons. The van der Waals surface area contributed by atoms with Gasteiger partial charge < -0.3 is 24.8 Å². The summed E-state index contributed by atoms with van der Waals surface area (Å²) < 4.78 is 0. The van der Waals surface area contributed by atoms with Crippen molar-refractivity contribution in [2.75, 3.05) is 0 Å². The second kappa shape index (κ2) is 27.4. The summed E-state index contributed by atoms with van der Waals surface area (Å²) in [6.07, 6.45) is 0. The predicted molar refractivity (Wildman–Crippen MR) is 17.5 cm³/mol. The molecule has 0 aromatic carbocycles. The summed E-state index contributed by atoms with van der Waals surface area (Å²) in [5.74, 6) is 4.42. The van der Waals surface area contributed by atoms with Crippen molar-refractivity contribution >= 4 is 15.2 Å². The Labute approximate surface area is 80.3 Å². The van der Waals surface area contributed by atoms with Crippen LogP contribution in [0.3, 0.4) is 0 Å². The molecule has 0 spiro atoms. The average Bonchev–Trinajstić information content (AvgIpc) is 0.918. The molecular weight excluding hydrogens is 145 g/mol. The van der Waals surface area contributed by atoms with Gasteiger partial charge >= 0.3 is 56.3 Å². The van der Waals surface area contributed by atoms with Crippen LogP contribution in [0.2, 0.25) is 11.6 Å². The third-order valence-corrected chi connectivity index (χ3v) is 0. The Morgan fingerprint density at radius 1 is 1.00 bits per heavy atom. The van der Waals surface area contributed by atoms with E-state index in [2.05, 4.69) is 11.6 Å². The average molecular weight is 151 g/mol. The SMILES string of the molecule is [CH3][Al+][CH3].[Cl-].[Cl-].[Na+]. The van der Waals surface area contributed by atoms with Gasteiger partial charge in [-0.05, 0) is 0 Å². The number of halogens is 2. The fourth-order valence-electron chi connectivity index (χ4n) is 0. The first kappa shape index (κ1) is 24.3. The smallest absolute Gasteiger partial charge is 1.00 e. The molecule has 6 heavy (non-hydrogen) atoms. The van der Waals surface area contributed by atoms with Crippen molar-refractivity contribution in [3.63, 3.8) is 0 Å². The van der Waals surface area contributed by atoms with Gasteiger partial charge in [0.1, 0.15) is 0 Å². The van der Waals surface area contributed by atoms with Crippen LogP contribution in [-0.2, 0) is 0 Å². The fraction of sp³-hybridized carbons (Fsp3) is 1.00. The quantitative estimate of drug-likeness (QED) is 0.301. The molecule has 0 heterocycles. The molecule has 0 nitrogen and oxygen atoms in total. The molecule has 0 unspecified atom stereocenters. The van der Waals surface area contributed by atoms with Crippen LogP contribution in [0.4, 0.5) is 0 Å². The molecule has 0 bridgehead atoms. The fourth-order valence-corrected chi connectivity index (χ4v) is 0. The Morgan fingerprint density at radius 3 is 1.00 bits per heavy atom. The van der Waals surface area contributed by atoms with Crippen molar-refractivity contribution in [1.29, 1.82) is 0 Å². The van der Waals surface area contributed by atoms with Crippen molar-refractivity contribution in [1.82, 2.24) is 0 Å². The minimum Gasteiger partial charge on any atom is -1.00 e. The van der Waals surface area contributed by atoms with Crippen LogP contribution in [0.5, 0.6) is 0 Å². The molecule has 0 aliphatic heterocycles. The Hall–Kier alpha value is 2.11. The predicted octanol–water partition coefficient (Wildman–Crippen LogP) is -8.20. The van der Waals surface area contributed by atoms with Gasteiger partial charge in [0, 0.05) is 0 Å². The molecule has 0 saturated carbocycles. The van der Waals surface area contributed by atoms with Gasteiger partial charge in [0.2, 0.25) is 0 Å². The summed E-state index contributed by atoms with van der Waals surface area (Å²) in [5, 5.41) is 0. The summed E-state index contributed by atoms with van der Waals surface area (Å²) in [4.78, 5) is 0. The summed E-state index contributed by atoms with van der Waals surface area (Å²) in [6.45, 7) is 0. The van der Waals surface area contributed by atoms with E-state index in [-0.39, 0.29) is 54.4 Å². The summed E-state index contributed by atoms with van der Waals surface area (Å²) in [7, 11) is 0. The Kier molecular flexibility index (Phi) is 111. The first-order valence-corrected chi connectivity index (χ1v) is 3.46. The van der Waals surface area contributed by atoms with Gasteiger partial charge in [-0.2, -0.15) is 0 Å². The molecule has 0 aliphatic rings. The molecular formula is C2H6AlCl2Na. The maximum Gasteiger partial charge on any atom is 1.00 e. The monoisotopic (exact) mass is 150 g/mol. The standard InChI is InChI=1S/2CH3.Al.2ClH.Na/h2*1H3;;2*1H;/q;;+1;;;+1/p-2. The van der Waals surface area contributed by atoms with Gasteiger partial charge in [-0.25, -0.2) is 0 Å². The summed E-state index contributed by atoms with van der Waals surface area (Å²) in [5.41, 5.74) is 0. The van der Waals surface area contributed by atoms with E-state index in [1.165, 1.54) is 0 Å². The minimum absolute atomic E-state index is 0. The van der Waals surface area contributed by atoms with E-state index in [0.29, 0.717) is 0 Å². The second-order valence-corrected chi connectivity index (χ2v) is 1.73. The van der Waals surface area contributed by atoms with Gasteiger partial charge in [-0.15, -0.1) is 0 Å². The number of hydrogen-bond acceptors (Lipinski definition) is 0. The van der Waals surface area contributed by atoms with Crippen molar-refractivity contribution < 1.29 is 54.4 Å². The van der Waals surface area contributed by atoms with Crippen LogP contribution in [0, 0.1) is 0 Å². The zero-order valence-corrected chi connectivity index (χ0v) is 9.00. The van der Waals surface area contributed by atoms with Gasteiger partial charge in [-0.3, -0.25) is 0 Å². The van der Waals surface area contributed by atoms with Crippen LogP contribution in [0.1, 0.15) is 0 Å². The molecule has 0 rings (SSSR count). The van der Waals surface area contributed by atoms with Gasteiger partial charge in [0.15, 0.2) is 0 Å². The zero-order chi connectivity index (χ0) is 2.71. The van der Waals surface area contributed by atoms with Gasteiger partial charge in [0.25, 0.3) is 0 Å². The van der Waals surface area contributed by atoms with Crippen LogP contribution in [-0.4, -0.2) is 15.2 Å². The second-order valence-electron chi connectivity index (χ2n) is 0.577. The van der Waals surface area contributed by atoms with Crippen molar-refractivity contribution in [2.45, 2.75) is 11.6 Å². The zero-order valence-electron chi connectivity index (χ0n) is 4.33. The first-order valence-electron chi connectivity index (χ1n) is 1.15. The van der Waals surface area contributed by atoms with E-state index in [1.807, 2.05) is 0 Å². The third-order valence-electron chi connectivity index (χ3n) is 0. The van der Waals surface area contributed by atoms with Crippen LogP contribution in [0.15, 0.2) is 0 Å². The van der Waals surface area contributed by atoms with Crippen LogP contribution >= 0.6 is 0 Å². The molecule has 0 N–H and O–H groups in total. The molecule has 4 heteroatoms. The number of rotatable bonds is 0. The van der Waals surface area contributed by atoms with E-state index < -0.39 is 0 Å². The molecule has 0 amide bonds. The molecule has 0 fully saturated rings. The Bertz CT molecular complexity index is 11.5. The first-order chi connectivity index (χ1) is 1.41. The largest absolute Gasteiger partial charge is 1.00 e. The van der Waals surface area contributed by atoms with E-state index in [0.717, 1.165) is 15.2 Å². The van der Waals surface area contributed by atoms with Crippen molar-refractivity contribution in [3.05, 3.63) is 0 Å².